The van der Waals surface area contributed by atoms with Crippen molar-refractivity contribution in [1.29, 1.82) is 5.26 Å². The quantitative estimate of drug-likeness (QED) is 0.108. The Balaban J connectivity index is 1.28. The number of rotatable bonds is 13. The molecule has 5 N–H and O–H groups in total. The van der Waals surface area contributed by atoms with E-state index in [0.717, 1.165) is 27.6 Å². The maximum atomic E-state index is 14.0. The highest BCUT2D eigenvalue weighted by Gasteiger charge is 2.39. The number of carboxylic acid groups (broad SMARTS) is 1. The van der Waals surface area contributed by atoms with Crippen LogP contribution in [-0.4, -0.2) is 50.8 Å². The zero-order valence-electron chi connectivity index (χ0n) is 27.8. The first-order valence-corrected chi connectivity index (χ1v) is 16.5. The zero-order valence-corrected chi connectivity index (χ0v) is 27.8. The molecule has 0 bridgehead atoms. The topological polar surface area (TPSA) is 177 Å². The average molecular weight is 691 g/mol. The Labute approximate surface area is 299 Å². The summed E-state index contributed by atoms with van der Waals surface area (Å²) < 4.78 is 0. The molecule has 0 saturated carbocycles. The number of nitriles is 1. The first-order valence-electron chi connectivity index (χ1n) is 16.5. The Morgan fingerprint density at radius 1 is 0.750 bits per heavy atom. The normalized spacial score (nSPS) is 12.2. The molecular formula is C41H34N6O5. The first-order chi connectivity index (χ1) is 25.3. The number of aromatic amines is 1. The summed E-state index contributed by atoms with van der Waals surface area (Å²) in [4.78, 5) is 61.0. The van der Waals surface area contributed by atoms with Crippen molar-refractivity contribution in [1.82, 2.24) is 25.9 Å². The Morgan fingerprint density at radius 3 is 1.87 bits per heavy atom. The number of carbonyl (C=O) groups is 4. The van der Waals surface area contributed by atoms with Gasteiger partial charge in [-0.05, 0) is 40.5 Å². The fourth-order valence-corrected chi connectivity index (χ4v) is 6.26. The van der Waals surface area contributed by atoms with Gasteiger partial charge in [0.2, 0.25) is 11.8 Å². The van der Waals surface area contributed by atoms with Crippen molar-refractivity contribution in [3.63, 3.8) is 0 Å². The maximum Gasteiger partial charge on any atom is 0.326 e. The largest absolute Gasteiger partial charge is 0.480 e. The minimum Gasteiger partial charge on any atom is -0.480 e. The number of carbonyl (C=O) groups excluding carboxylic acids is 3. The van der Waals surface area contributed by atoms with Gasteiger partial charge >= 0.3 is 5.97 Å². The van der Waals surface area contributed by atoms with Crippen molar-refractivity contribution in [2.45, 2.75) is 30.5 Å². The highest BCUT2D eigenvalue weighted by Crippen LogP contribution is 2.37. The summed E-state index contributed by atoms with van der Waals surface area (Å²) >= 11 is 0. The molecular weight excluding hydrogens is 656 g/mol. The van der Waals surface area contributed by atoms with E-state index in [1.165, 1.54) is 18.3 Å². The molecule has 0 aliphatic carbocycles. The van der Waals surface area contributed by atoms with Gasteiger partial charge in [0, 0.05) is 29.7 Å². The third kappa shape index (κ3) is 7.56. The predicted octanol–water partition coefficient (Wildman–Crippen LogP) is 4.84. The number of benzene rings is 4. The van der Waals surface area contributed by atoms with Crippen LogP contribution in [0.4, 0.5) is 0 Å². The summed E-state index contributed by atoms with van der Waals surface area (Å²) in [5, 5.41) is 28.5. The van der Waals surface area contributed by atoms with Crippen molar-refractivity contribution in [3.8, 4) is 6.07 Å². The number of hydrogen-bond acceptors (Lipinski definition) is 6. The number of carboxylic acids is 1. The molecule has 2 heterocycles. The summed E-state index contributed by atoms with van der Waals surface area (Å²) in [6.45, 7) is 0. The molecule has 258 valence electrons. The van der Waals surface area contributed by atoms with E-state index in [0.29, 0.717) is 5.56 Å². The maximum absolute atomic E-state index is 14.0. The lowest BCUT2D eigenvalue weighted by Crippen LogP contribution is -2.54. The molecule has 6 rings (SSSR count). The highest BCUT2D eigenvalue weighted by atomic mass is 16.4. The van der Waals surface area contributed by atoms with Crippen LogP contribution in [0.5, 0.6) is 0 Å². The lowest BCUT2D eigenvalue weighted by molar-refractivity contribution is -0.144. The molecule has 11 heteroatoms. The van der Waals surface area contributed by atoms with Crippen molar-refractivity contribution in [3.05, 3.63) is 173 Å². The smallest absolute Gasteiger partial charge is 0.326 e. The van der Waals surface area contributed by atoms with E-state index in [4.69, 9.17) is 5.26 Å². The van der Waals surface area contributed by atoms with Crippen molar-refractivity contribution >= 4 is 34.6 Å². The third-order valence-corrected chi connectivity index (χ3v) is 8.81. The Kier molecular flexibility index (Phi) is 10.5. The zero-order chi connectivity index (χ0) is 36.5. The number of nitrogens with zero attached hydrogens (tertiary/aromatic N) is 2. The van der Waals surface area contributed by atoms with Gasteiger partial charge in [0.05, 0.1) is 12.0 Å². The van der Waals surface area contributed by atoms with E-state index < -0.39 is 47.7 Å². The molecule has 0 aliphatic heterocycles. The number of aliphatic carboxylic acids is 1. The van der Waals surface area contributed by atoms with Gasteiger partial charge in [0.15, 0.2) is 0 Å². The highest BCUT2D eigenvalue weighted by molar-refractivity contribution is 5.99. The van der Waals surface area contributed by atoms with E-state index in [2.05, 4.69) is 25.9 Å². The molecule has 11 nitrogen and oxygen atoms in total. The molecule has 6 aromatic rings. The molecule has 2 atom stereocenters. The number of hydrogen-bond donors (Lipinski definition) is 5. The molecule has 52 heavy (non-hydrogen) atoms. The van der Waals surface area contributed by atoms with E-state index in [1.807, 2.05) is 121 Å². The monoisotopic (exact) mass is 690 g/mol. The predicted molar refractivity (Wildman–Crippen MR) is 194 cm³/mol. The second-order valence-electron chi connectivity index (χ2n) is 12.1. The molecule has 0 saturated heterocycles. The SMILES string of the molecule is N#Cc1ccc(C(=O)N[C@@H](Cc2c[nH]c3ccccc23)C(=O)N[C@@H](CC(=O)NC(c2ccccc2)(c2ccccc2)c2ccccc2)C(=O)O)cn1. The molecule has 2 aromatic heterocycles. The van der Waals surface area contributed by atoms with Crippen LogP contribution in [-0.2, 0) is 26.3 Å². The van der Waals surface area contributed by atoms with Crippen LogP contribution in [0.3, 0.4) is 0 Å². The van der Waals surface area contributed by atoms with Crippen molar-refractivity contribution < 1.29 is 24.3 Å². The molecule has 0 spiro atoms. The molecule has 4 aromatic carbocycles. The number of aromatic nitrogens is 2. The van der Waals surface area contributed by atoms with Crippen molar-refractivity contribution in [2.24, 2.45) is 0 Å². The summed E-state index contributed by atoms with van der Waals surface area (Å²) in [6, 6.07) is 37.3. The molecule has 0 unspecified atom stereocenters. The minimum atomic E-state index is -1.65. The van der Waals surface area contributed by atoms with Gasteiger partial charge in [-0.15, -0.1) is 0 Å². The Bertz CT molecular complexity index is 2140. The van der Waals surface area contributed by atoms with Crippen LogP contribution in [0, 0.1) is 11.3 Å². The number of nitrogens with one attached hydrogen (secondary N) is 4. The van der Waals surface area contributed by atoms with E-state index >= 15 is 0 Å². The summed E-state index contributed by atoms with van der Waals surface area (Å²) in [5.41, 5.74) is 2.78. The molecule has 0 radical (unpaired) electrons. The summed E-state index contributed by atoms with van der Waals surface area (Å²) in [7, 11) is 0. The van der Waals surface area contributed by atoms with Gasteiger partial charge in [-0.1, -0.05) is 109 Å². The van der Waals surface area contributed by atoms with Gasteiger partial charge in [-0.2, -0.15) is 5.26 Å². The summed E-state index contributed by atoms with van der Waals surface area (Å²) in [6.07, 6.45) is 2.34. The first kappa shape index (κ1) is 34.8. The van der Waals surface area contributed by atoms with Crippen molar-refractivity contribution in [2.75, 3.05) is 0 Å². The van der Waals surface area contributed by atoms with Crippen LogP contribution in [0.1, 0.15) is 44.7 Å². The second-order valence-corrected chi connectivity index (χ2v) is 12.1. The van der Waals surface area contributed by atoms with Crippen LogP contribution in [0.25, 0.3) is 10.9 Å². The van der Waals surface area contributed by atoms with E-state index in [9.17, 15) is 24.3 Å². The fourth-order valence-electron chi connectivity index (χ4n) is 6.26. The number of H-pyrrole nitrogens is 1. The van der Waals surface area contributed by atoms with Gasteiger partial charge in [-0.25, -0.2) is 9.78 Å². The average Bonchev–Trinajstić information content (AvgIpc) is 3.60. The van der Waals surface area contributed by atoms with Crippen LogP contribution < -0.4 is 16.0 Å². The van der Waals surface area contributed by atoms with Gasteiger partial charge in [-0.3, -0.25) is 14.4 Å². The Hall–Kier alpha value is -7.06. The van der Waals surface area contributed by atoms with Crippen LogP contribution in [0.2, 0.25) is 0 Å². The van der Waals surface area contributed by atoms with E-state index in [1.54, 1.807) is 6.20 Å². The van der Waals surface area contributed by atoms with Gasteiger partial charge in [0.25, 0.3) is 5.91 Å². The van der Waals surface area contributed by atoms with Gasteiger partial charge < -0.3 is 26.0 Å². The van der Waals surface area contributed by atoms with Crippen LogP contribution in [0.15, 0.2) is 140 Å². The van der Waals surface area contributed by atoms with E-state index in [-0.39, 0.29) is 17.7 Å². The molecule has 0 fully saturated rings. The minimum absolute atomic E-state index is 0.00294. The third-order valence-electron chi connectivity index (χ3n) is 8.81. The Morgan fingerprint density at radius 2 is 1.33 bits per heavy atom. The number of fused-ring (bicyclic) bond motifs is 1. The van der Waals surface area contributed by atoms with Crippen LogP contribution >= 0.6 is 0 Å². The van der Waals surface area contributed by atoms with Gasteiger partial charge in [0.1, 0.15) is 29.4 Å². The lowest BCUT2D eigenvalue weighted by Gasteiger charge is -2.37. The standard InChI is InChI=1S/C41H34N6O5/c42-24-32-21-20-27(25-43-32)38(49)45-35(22-28-26-44-34-19-11-10-18-33(28)34)39(50)46-36(40(51)52)23-37(48)47-41(29-12-4-1-5-13-29,30-14-6-2-7-15-30)31-16-8-3-9-17-31/h1-21,25-26,35-36,44H,22-23H2,(H,45,49)(H,46,50)(H,47,48)(H,51,52)/t35-,36-/m0/s1. The fraction of sp³-hybridized carbons (Fsp3) is 0.122. The number of pyridine rings is 1. The summed E-state index contributed by atoms with van der Waals surface area (Å²) in [5.74, 6) is -3.52. The second kappa shape index (κ2) is 15.7. The number of para-hydroxylation sites is 1. The lowest BCUT2D eigenvalue weighted by atomic mass is 9.77. The number of amides is 3. The molecule has 0 aliphatic rings. The molecule has 3 amide bonds.